The van der Waals surface area contributed by atoms with Crippen LogP contribution in [-0.2, 0) is 0 Å². The minimum atomic E-state index is 0.282. The van der Waals surface area contributed by atoms with Crippen LogP contribution < -0.4 is 0 Å². The van der Waals surface area contributed by atoms with Gasteiger partial charge in [-0.25, -0.2) is 4.85 Å². The quantitative estimate of drug-likeness (QED) is 0.780. The van der Waals surface area contributed by atoms with Gasteiger partial charge in [0, 0.05) is 17.0 Å². The third-order valence-corrected chi connectivity index (χ3v) is 3.19. The van der Waals surface area contributed by atoms with Crippen LogP contribution in [0.25, 0.3) is 16.0 Å². The van der Waals surface area contributed by atoms with Crippen molar-refractivity contribution in [2.75, 3.05) is 0 Å². The number of aromatic nitrogens is 1. The molecule has 2 aromatic rings. The number of benzene rings is 1. The first-order valence-corrected chi connectivity index (χ1v) is 6.19. The summed E-state index contributed by atoms with van der Waals surface area (Å²) in [4.78, 5) is 6.69. The minimum absolute atomic E-state index is 0.282. The van der Waals surface area contributed by atoms with Crippen LogP contribution in [0.1, 0.15) is 36.7 Å². The second-order valence-electron chi connectivity index (χ2n) is 4.84. The van der Waals surface area contributed by atoms with Crippen molar-refractivity contribution in [3.05, 3.63) is 52.6 Å². The molecule has 0 aliphatic heterocycles. The maximum absolute atomic E-state index is 9.41. The first kappa shape index (κ1) is 12.9. The van der Waals surface area contributed by atoms with Gasteiger partial charge in [-0.05, 0) is 18.4 Å². The number of H-pyrrole nitrogens is 1. The summed E-state index contributed by atoms with van der Waals surface area (Å²) in [6, 6.07) is 9.66. The number of aromatic amines is 1. The van der Waals surface area contributed by atoms with Crippen LogP contribution in [-0.4, -0.2) is 4.98 Å². The average Bonchev–Trinajstić information content (AvgIpc) is 2.76. The Kier molecular flexibility index (Phi) is 3.40. The molecule has 94 valence electrons. The molecule has 1 aromatic carbocycles. The SMILES string of the molecule is [C-]#[N+]c1ccc(-c2c(C)[nH]c(C(C)C)c2C#N)cc1. The third kappa shape index (κ3) is 2.23. The normalized spacial score (nSPS) is 10.2. The predicted octanol–water partition coefficient (Wildman–Crippen LogP) is 4.54. The van der Waals surface area contributed by atoms with E-state index in [1.807, 2.05) is 19.1 Å². The molecule has 0 radical (unpaired) electrons. The van der Waals surface area contributed by atoms with E-state index in [0.29, 0.717) is 11.3 Å². The highest BCUT2D eigenvalue weighted by Gasteiger charge is 2.18. The molecule has 19 heavy (non-hydrogen) atoms. The monoisotopic (exact) mass is 249 g/mol. The summed E-state index contributed by atoms with van der Waals surface area (Å²) in [6.07, 6.45) is 0. The molecule has 1 aromatic heterocycles. The van der Waals surface area contributed by atoms with Gasteiger partial charge in [-0.15, -0.1) is 0 Å². The standard InChI is InChI=1S/C16H15N3/c1-10(2)16-14(9-17)15(11(3)19-16)12-5-7-13(18-4)8-6-12/h5-8,10,19H,1-3H3. The largest absolute Gasteiger partial charge is 0.361 e. The molecule has 0 unspecified atom stereocenters. The second kappa shape index (κ2) is 5.00. The molecule has 0 saturated carbocycles. The summed E-state index contributed by atoms with van der Waals surface area (Å²) in [5.74, 6) is 0.282. The van der Waals surface area contributed by atoms with Crippen molar-refractivity contribution in [3.8, 4) is 17.2 Å². The minimum Gasteiger partial charge on any atom is -0.361 e. The topological polar surface area (TPSA) is 43.9 Å². The molecule has 2 rings (SSSR count). The highest BCUT2D eigenvalue weighted by molar-refractivity contribution is 5.76. The fraction of sp³-hybridized carbons (Fsp3) is 0.250. The molecule has 1 N–H and O–H groups in total. The van der Waals surface area contributed by atoms with E-state index < -0.39 is 0 Å². The Labute approximate surface area is 113 Å². The molecular weight excluding hydrogens is 234 g/mol. The molecule has 3 nitrogen and oxygen atoms in total. The Hall–Kier alpha value is -2.52. The zero-order valence-corrected chi connectivity index (χ0v) is 11.3. The smallest absolute Gasteiger partial charge is 0.187 e. The molecule has 0 amide bonds. The summed E-state index contributed by atoms with van der Waals surface area (Å²) < 4.78 is 0. The van der Waals surface area contributed by atoms with Crippen molar-refractivity contribution in [3.63, 3.8) is 0 Å². The Morgan fingerprint density at radius 2 is 1.89 bits per heavy atom. The lowest BCUT2D eigenvalue weighted by atomic mass is 9.98. The van der Waals surface area contributed by atoms with Gasteiger partial charge in [0.15, 0.2) is 5.69 Å². The summed E-state index contributed by atoms with van der Waals surface area (Å²) >= 11 is 0. The number of nitrogens with one attached hydrogen (secondary N) is 1. The number of nitriles is 1. The summed E-state index contributed by atoms with van der Waals surface area (Å²) in [6.45, 7) is 13.1. The summed E-state index contributed by atoms with van der Waals surface area (Å²) in [5, 5.41) is 9.41. The summed E-state index contributed by atoms with van der Waals surface area (Å²) in [5.41, 5.74) is 5.22. The van der Waals surface area contributed by atoms with Crippen molar-refractivity contribution in [2.24, 2.45) is 0 Å². The highest BCUT2D eigenvalue weighted by Crippen LogP contribution is 2.33. The molecule has 0 saturated heterocycles. The van der Waals surface area contributed by atoms with Gasteiger partial charge in [0.2, 0.25) is 0 Å². The van der Waals surface area contributed by atoms with E-state index in [9.17, 15) is 5.26 Å². The maximum atomic E-state index is 9.41. The van der Waals surface area contributed by atoms with Gasteiger partial charge in [0.25, 0.3) is 0 Å². The van der Waals surface area contributed by atoms with Crippen molar-refractivity contribution >= 4 is 5.69 Å². The Balaban J connectivity index is 2.62. The Morgan fingerprint density at radius 3 is 2.37 bits per heavy atom. The van der Waals surface area contributed by atoms with Crippen LogP contribution in [0, 0.1) is 24.8 Å². The van der Waals surface area contributed by atoms with E-state index >= 15 is 0 Å². The van der Waals surface area contributed by atoms with Gasteiger partial charge < -0.3 is 4.98 Å². The molecule has 0 atom stereocenters. The molecule has 0 fully saturated rings. The number of aryl methyl sites for hydroxylation is 1. The molecule has 0 aliphatic carbocycles. The first-order chi connectivity index (χ1) is 9.08. The highest BCUT2D eigenvalue weighted by atomic mass is 14.7. The lowest BCUT2D eigenvalue weighted by Crippen LogP contribution is -1.91. The van der Waals surface area contributed by atoms with Gasteiger partial charge in [-0.2, -0.15) is 5.26 Å². The number of hydrogen-bond acceptors (Lipinski definition) is 1. The van der Waals surface area contributed by atoms with E-state index in [4.69, 9.17) is 6.57 Å². The van der Waals surface area contributed by atoms with Crippen LogP contribution in [0.2, 0.25) is 0 Å². The van der Waals surface area contributed by atoms with Gasteiger partial charge in [-0.1, -0.05) is 38.1 Å². The van der Waals surface area contributed by atoms with Crippen molar-refractivity contribution in [2.45, 2.75) is 26.7 Å². The van der Waals surface area contributed by atoms with Crippen LogP contribution in [0.3, 0.4) is 0 Å². The molecule has 0 bridgehead atoms. The molecule has 1 heterocycles. The third-order valence-electron chi connectivity index (χ3n) is 3.19. The first-order valence-electron chi connectivity index (χ1n) is 6.19. The molecule has 0 aliphatic rings. The van der Waals surface area contributed by atoms with Crippen molar-refractivity contribution in [1.29, 1.82) is 5.26 Å². The van der Waals surface area contributed by atoms with Crippen LogP contribution in [0.15, 0.2) is 24.3 Å². The van der Waals surface area contributed by atoms with E-state index in [1.165, 1.54) is 0 Å². The fourth-order valence-corrected chi connectivity index (χ4v) is 2.26. The second-order valence-corrected chi connectivity index (χ2v) is 4.84. The maximum Gasteiger partial charge on any atom is 0.187 e. The Morgan fingerprint density at radius 1 is 1.26 bits per heavy atom. The summed E-state index contributed by atoms with van der Waals surface area (Å²) in [7, 11) is 0. The fourth-order valence-electron chi connectivity index (χ4n) is 2.26. The lowest BCUT2D eigenvalue weighted by Gasteiger charge is -2.04. The van der Waals surface area contributed by atoms with E-state index in [-0.39, 0.29) is 5.92 Å². The van der Waals surface area contributed by atoms with Crippen LogP contribution in [0.5, 0.6) is 0 Å². The number of rotatable bonds is 2. The average molecular weight is 249 g/mol. The van der Waals surface area contributed by atoms with Crippen molar-refractivity contribution in [1.82, 2.24) is 4.98 Å². The molecule has 0 spiro atoms. The molecule has 3 heteroatoms. The Bertz CT molecular complexity index is 677. The van der Waals surface area contributed by atoms with Crippen LogP contribution in [0.4, 0.5) is 5.69 Å². The lowest BCUT2D eigenvalue weighted by molar-refractivity contribution is 0.825. The van der Waals surface area contributed by atoms with Gasteiger partial charge in [-0.3, -0.25) is 0 Å². The van der Waals surface area contributed by atoms with E-state index in [0.717, 1.165) is 22.5 Å². The van der Waals surface area contributed by atoms with Gasteiger partial charge in [0.05, 0.1) is 12.1 Å². The number of hydrogen-bond donors (Lipinski definition) is 1. The van der Waals surface area contributed by atoms with Gasteiger partial charge >= 0.3 is 0 Å². The zero-order valence-electron chi connectivity index (χ0n) is 11.3. The van der Waals surface area contributed by atoms with E-state index in [1.54, 1.807) is 12.1 Å². The predicted molar refractivity (Wildman–Crippen MR) is 76.0 cm³/mol. The van der Waals surface area contributed by atoms with Crippen LogP contribution >= 0.6 is 0 Å². The zero-order chi connectivity index (χ0) is 14.0. The van der Waals surface area contributed by atoms with Gasteiger partial charge in [0.1, 0.15) is 6.07 Å². The molecular formula is C16H15N3. The number of nitrogens with zero attached hydrogens (tertiary/aromatic N) is 2. The van der Waals surface area contributed by atoms with Crippen molar-refractivity contribution < 1.29 is 0 Å². The van der Waals surface area contributed by atoms with E-state index in [2.05, 4.69) is 29.7 Å².